The summed E-state index contributed by atoms with van der Waals surface area (Å²) in [7, 11) is 0. The second kappa shape index (κ2) is 6.46. The number of aromatic carboxylic acids is 1. The summed E-state index contributed by atoms with van der Waals surface area (Å²) in [4.78, 5) is 10.9. The SMILES string of the molecule is O=C(O)c1ccc(F)c(-c2ccccc2OC(F)C(F)F)c1. The number of carboxylic acids is 1. The standard InChI is InChI=1S/C15H10F4O3/c16-11-6-5-8(15(20)21)7-10(11)9-3-1-2-4-12(9)22-14(19)13(17)18/h1-7,13-14H,(H,20,21). The van der Waals surface area contributed by atoms with Crippen molar-refractivity contribution in [2.75, 3.05) is 0 Å². The largest absolute Gasteiger partial charge is 0.478 e. The van der Waals surface area contributed by atoms with E-state index in [9.17, 15) is 22.4 Å². The molecule has 0 aromatic heterocycles. The molecule has 0 heterocycles. The Labute approximate surface area is 122 Å². The number of ether oxygens (including phenoxy) is 1. The van der Waals surface area contributed by atoms with Crippen LogP contribution in [0, 0.1) is 5.82 Å². The zero-order valence-corrected chi connectivity index (χ0v) is 11.0. The first-order valence-electron chi connectivity index (χ1n) is 6.11. The van der Waals surface area contributed by atoms with E-state index in [0.717, 1.165) is 18.2 Å². The van der Waals surface area contributed by atoms with Crippen molar-refractivity contribution in [2.45, 2.75) is 12.8 Å². The molecule has 0 aliphatic rings. The molecule has 0 saturated carbocycles. The van der Waals surface area contributed by atoms with Gasteiger partial charge in [-0.3, -0.25) is 0 Å². The monoisotopic (exact) mass is 314 g/mol. The van der Waals surface area contributed by atoms with E-state index < -0.39 is 24.6 Å². The zero-order chi connectivity index (χ0) is 16.3. The number of hydrogen-bond acceptors (Lipinski definition) is 2. The van der Waals surface area contributed by atoms with E-state index in [1.165, 1.54) is 24.3 Å². The van der Waals surface area contributed by atoms with Gasteiger partial charge in [0.25, 0.3) is 6.36 Å². The van der Waals surface area contributed by atoms with Crippen LogP contribution in [0.15, 0.2) is 42.5 Å². The van der Waals surface area contributed by atoms with E-state index in [0.29, 0.717) is 0 Å². The number of para-hydroxylation sites is 1. The lowest BCUT2D eigenvalue weighted by atomic mass is 10.0. The molecule has 1 N–H and O–H groups in total. The van der Waals surface area contributed by atoms with E-state index in [1.807, 2.05) is 0 Å². The molecule has 0 aliphatic heterocycles. The topological polar surface area (TPSA) is 46.5 Å². The second-order valence-corrected chi connectivity index (χ2v) is 4.30. The third-order valence-electron chi connectivity index (χ3n) is 2.83. The fraction of sp³-hybridized carbons (Fsp3) is 0.133. The second-order valence-electron chi connectivity index (χ2n) is 4.30. The average Bonchev–Trinajstić information content (AvgIpc) is 2.48. The number of alkyl halides is 3. The van der Waals surface area contributed by atoms with Crippen LogP contribution in [0.5, 0.6) is 5.75 Å². The van der Waals surface area contributed by atoms with Crippen LogP contribution in [-0.4, -0.2) is 23.9 Å². The van der Waals surface area contributed by atoms with Gasteiger partial charge in [-0.25, -0.2) is 18.0 Å². The van der Waals surface area contributed by atoms with Crippen molar-refractivity contribution in [1.29, 1.82) is 0 Å². The van der Waals surface area contributed by atoms with E-state index >= 15 is 0 Å². The van der Waals surface area contributed by atoms with Gasteiger partial charge in [0.1, 0.15) is 11.6 Å². The maximum absolute atomic E-state index is 13.9. The molecule has 0 radical (unpaired) electrons. The van der Waals surface area contributed by atoms with Crippen LogP contribution in [0.25, 0.3) is 11.1 Å². The van der Waals surface area contributed by atoms with E-state index in [2.05, 4.69) is 4.74 Å². The summed E-state index contributed by atoms with van der Waals surface area (Å²) in [5.74, 6) is -2.37. The van der Waals surface area contributed by atoms with Gasteiger partial charge in [-0.2, -0.15) is 4.39 Å². The Morgan fingerprint density at radius 1 is 1.05 bits per heavy atom. The Hall–Kier alpha value is -2.57. The third kappa shape index (κ3) is 3.36. The van der Waals surface area contributed by atoms with Crippen molar-refractivity contribution < 1.29 is 32.2 Å². The van der Waals surface area contributed by atoms with Gasteiger partial charge in [-0.1, -0.05) is 18.2 Å². The lowest BCUT2D eigenvalue weighted by Gasteiger charge is -2.15. The Bertz CT molecular complexity index is 688. The van der Waals surface area contributed by atoms with Crippen LogP contribution < -0.4 is 4.74 Å². The van der Waals surface area contributed by atoms with Gasteiger partial charge in [0, 0.05) is 11.1 Å². The maximum atomic E-state index is 13.9. The lowest BCUT2D eigenvalue weighted by molar-refractivity contribution is -0.0666. The summed E-state index contributed by atoms with van der Waals surface area (Å²) in [6, 6.07) is 8.38. The third-order valence-corrected chi connectivity index (χ3v) is 2.83. The Balaban J connectivity index is 2.49. The zero-order valence-electron chi connectivity index (χ0n) is 11.0. The summed E-state index contributed by atoms with van der Waals surface area (Å²) in [5, 5.41) is 8.92. The molecule has 3 nitrogen and oxygen atoms in total. The first-order chi connectivity index (χ1) is 10.4. The van der Waals surface area contributed by atoms with Gasteiger partial charge in [0.05, 0.1) is 5.56 Å². The molecule has 2 aromatic carbocycles. The Morgan fingerprint density at radius 2 is 1.73 bits per heavy atom. The molecular formula is C15H10F4O3. The van der Waals surface area contributed by atoms with Crippen molar-refractivity contribution in [2.24, 2.45) is 0 Å². The lowest BCUT2D eigenvalue weighted by Crippen LogP contribution is -2.19. The van der Waals surface area contributed by atoms with Crippen molar-refractivity contribution in [3.8, 4) is 16.9 Å². The molecule has 0 saturated heterocycles. The smallest absolute Gasteiger partial charge is 0.335 e. The van der Waals surface area contributed by atoms with Gasteiger partial charge in [0.2, 0.25) is 0 Å². The Kier molecular flexibility index (Phi) is 4.65. The summed E-state index contributed by atoms with van der Waals surface area (Å²) < 4.78 is 55.9. The van der Waals surface area contributed by atoms with Gasteiger partial charge >= 0.3 is 12.4 Å². The molecule has 0 amide bonds. The highest BCUT2D eigenvalue weighted by molar-refractivity contribution is 5.90. The number of benzene rings is 2. The van der Waals surface area contributed by atoms with Gasteiger partial charge in [0.15, 0.2) is 0 Å². The minimum atomic E-state index is -3.36. The van der Waals surface area contributed by atoms with E-state index in [-0.39, 0.29) is 22.4 Å². The summed E-state index contributed by atoms with van der Waals surface area (Å²) in [6.45, 7) is 0. The first kappa shape index (κ1) is 15.8. The fourth-order valence-corrected chi connectivity index (χ4v) is 1.83. The van der Waals surface area contributed by atoms with Crippen LogP contribution >= 0.6 is 0 Å². The van der Waals surface area contributed by atoms with Crippen molar-refractivity contribution in [1.82, 2.24) is 0 Å². The van der Waals surface area contributed by atoms with Crippen LogP contribution in [0.2, 0.25) is 0 Å². The van der Waals surface area contributed by atoms with Gasteiger partial charge in [-0.15, -0.1) is 0 Å². The molecule has 1 unspecified atom stereocenters. The van der Waals surface area contributed by atoms with Crippen LogP contribution in [-0.2, 0) is 0 Å². The molecule has 2 rings (SSSR count). The fourth-order valence-electron chi connectivity index (χ4n) is 1.83. The molecule has 0 bridgehead atoms. The number of carboxylic acid groups (broad SMARTS) is 1. The molecule has 1 atom stereocenters. The molecule has 0 fully saturated rings. The molecule has 22 heavy (non-hydrogen) atoms. The van der Waals surface area contributed by atoms with Gasteiger partial charge in [-0.05, 0) is 24.3 Å². The van der Waals surface area contributed by atoms with Crippen LogP contribution in [0.3, 0.4) is 0 Å². The van der Waals surface area contributed by atoms with Crippen molar-refractivity contribution >= 4 is 5.97 Å². The summed E-state index contributed by atoms with van der Waals surface area (Å²) in [5.41, 5.74) is -0.403. The molecule has 116 valence electrons. The minimum absolute atomic E-state index is 0.0219. The predicted molar refractivity (Wildman–Crippen MR) is 70.3 cm³/mol. The highest BCUT2D eigenvalue weighted by atomic mass is 19.3. The Morgan fingerprint density at radius 3 is 2.36 bits per heavy atom. The van der Waals surface area contributed by atoms with E-state index in [4.69, 9.17) is 5.11 Å². The molecular weight excluding hydrogens is 304 g/mol. The first-order valence-corrected chi connectivity index (χ1v) is 6.11. The van der Waals surface area contributed by atoms with Crippen LogP contribution in [0.4, 0.5) is 17.6 Å². The highest BCUT2D eigenvalue weighted by Crippen LogP contribution is 2.33. The minimum Gasteiger partial charge on any atom is -0.478 e. The molecule has 0 aliphatic carbocycles. The van der Waals surface area contributed by atoms with Gasteiger partial charge < -0.3 is 9.84 Å². The number of rotatable bonds is 5. The maximum Gasteiger partial charge on any atom is 0.335 e. The normalized spacial score (nSPS) is 12.2. The summed E-state index contributed by atoms with van der Waals surface area (Å²) >= 11 is 0. The number of halogens is 4. The quantitative estimate of drug-likeness (QED) is 0.844. The predicted octanol–water partition coefficient (Wildman–Crippen LogP) is 4.13. The molecule has 2 aromatic rings. The van der Waals surface area contributed by atoms with E-state index in [1.54, 1.807) is 0 Å². The summed E-state index contributed by atoms with van der Waals surface area (Å²) in [6.07, 6.45) is -6.23. The van der Waals surface area contributed by atoms with Crippen molar-refractivity contribution in [3.63, 3.8) is 0 Å². The number of hydrogen-bond donors (Lipinski definition) is 1. The van der Waals surface area contributed by atoms with Crippen molar-refractivity contribution in [3.05, 3.63) is 53.8 Å². The number of carbonyl (C=O) groups is 1. The molecule has 7 heteroatoms. The average molecular weight is 314 g/mol. The van der Waals surface area contributed by atoms with Crippen LogP contribution in [0.1, 0.15) is 10.4 Å². The molecule has 0 spiro atoms. The highest BCUT2D eigenvalue weighted by Gasteiger charge is 2.23.